The molecule has 2 rings (SSSR count). The number of hydrogen-bond acceptors (Lipinski definition) is 5. The van der Waals surface area contributed by atoms with E-state index in [-0.39, 0.29) is 25.5 Å². The van der Waals surface area contributed by atoms with Crippen LogP contribution in [-0.4, -0.2) is 32.2 Å². The minimum Gasteiger partial charge on any atom is -0.497 e. The third kappa shape index (κ3) is 6.47. The maximum absolute atomic E-state index is 11.7. The van der Waals surface area contributed by atoms with Gasteiger partial charge in [0.2, 0.25) is 0 Å². The second-order valence-electron chi connectivity index (χ2n) is 5.65. The minimum absolute atomic E-state index is 0.0834. The summed E-state index contributed by atoms with van der Waals surface area (Å²) in [6.07, 6.45) is 0.0834. The fourth-order valence-electron chi connectivity index (χ4n) is 2.18. The van der Waals surface area contributed by atoms with E-state index >= 15 is 0 Å². The molecule has 0 saturated heterocycles. The fraction of sp³-hybridized carbons (Fsp3) is 0.300. The van der Waals surface area contributed by atoms with Crippen LogP contribution in [0.15, 0.2) is 48.5 Å². The van der Waals surface area contributed by atoms with E-state index in [2.05, 4.69) is 5.32 Å². The van der Waals surface area contributed by atoms with E-state index in [0.29, 0.717) is 6.54 Å². The molecule has 0 aliphatic heterocycles. The van der Waals surface area contributed by atoms with Gasteiger partial charge in [-0.2, -0.15) is 0 Å². The van der Waals surface area contributed by atoms with Gasteiger partial charge in [-0.3, -0.25) is 9.59 Å². The number of esters is 1. The van der Waals surface area contributed by atoms with E-state index in [0.717, 1.165) is 22.6 Å². The lowest BCUT2D eigenvalue weighted by atomic mass is 10.2. The fourth-order valence-corrected chi connectivity index (χ4v) is 2.18. The van der Waals surface area contributed by atoms with Crippen LogP contribution in [0.25, 0.3) is 0 Å². The minimum atomic E-state index is -0.474. The highest BCUT2D eigenvalue weighted by molar-refractivity contribution is 5.80. The number of ether oxygens (including phenoxy) is 3. The third-order valence-electron chi connectivity index (χ3n) is 3.67. The topological polar surface area (TPSA) is 73.9 Å². The van der Waals surface area contributed by atoms with Gasteiger partial charge in [-0.25, -0.2) is 0 Å². The van der Waals surface area contributed by atoms with Gasteiger partial charge in [-0.1, -0.05) is 30.3 Å². The molecule has 2 aromatic rings. The van der Waals surface area contributed by atoms with Crippen LogP contribution in [0.2, 0.25) is 0 Å². The van der Waals surface area contributed by atoms with Gasteiger partial charge in [0.15, 0.2) is 6.61 Å². The number of amides is 1. The quantitative estimate of drug-likeness (QED) is 0.699. The van der Waals surface area contributed by atoms with Crippen LogP contribution in [-0.2, 0) is 20.9 Å². The average molecular weight is 357 g/mol. The maximum Gasteiger partial charge on any atom is 0.309 e. The molecular formula is C20H23NO5. The summed E-state index contributed by atoms with van der Waals surface area (Å²) in [5.74, 6) is 0.659. The van der Waals surface area contributed by atoms with Crippen molar-refractivity contribution >= 4 is 11.9 Å². The van der Waals surface area contributed by atoms with E-state index in [1.165, 1.54) is 0 Å². The number of hydrogen-bond donors (Lipinski definition) is 1. The van der Waals surface area contributed by atoms with Crippen molar-refractivity contribution in [2.24, 2.45) is 0 Å². The van der Waals surface area contributed by atoms with Gasteiger partial charge in [0.05, 0.1) is 20.1 Å². The summed E-state index contributed by atoms with van der Waals surface area (Å²) in [6.45, 7) is 2.19. The lowest BCUT2D eigenvalue weighted by Gasteiger charge is -2.09. The summed E-state index contributed by atoms with van der Waals surface area (Å²) in [6, 6.07) is 14.9. The molecule has 2 aromatic carbocycles. The van der Waals surface area contributed by atoms with Crippen molar-refractivity contribution in [1.82, 2.24) is 5.32 Å². The van der Waals surface area contributed by atoms with Crippen molar-refractivity contribution in [2.75, 3.05) is 20.3 Å². The molecule has 0 unspecified atom stereocenters. The molecule has 0 heterocycles. The Bertz CT molecular complexity index is 727. The SMILES string of the molecule is COc1ccc(CNC(=O)COC(=O)CCOc2ccccc2C)cc1. The van der Waals surface area contributed by atoms with E-state index < -0.39 is 5.97 Å². The maximum atomic E-state index is 11.7. The lowest BCUT2D eigenvalue weighted by Crippen LogP contribution is -2.28. The smallest absolute Gasteiger partial charge is 0.309 e. The Morgan fingerprint density at radius 2 is 1.77 bits per heavy atom. The van der Waals surface area contributed by atoms with Gasteiger partial charge in [0, 0.05) is 6.54 Å². The zero-order valence-corrected chi connectivity index (χ0v) is 15.0. The number of aryl methyl sites for hydroxylation is 1. The Morgan fingerprint density at radius 1 is 1.04 bits per heavy atom. The van der Waals surface area contributed by atoms with E-state index in [1.54, 1.807) is 7.11 Å². The first kappa shape index (κ1) is 19.3. The first-order valence-electron chi connectivity index (χ1n) is 8.32. The summed E-state index contributed by atoms with van der Waals surface area (Å²) in [5, 5.41) is 2.69. The van der Waals surface area contributed by atoms with Crippen LogP contribution in [0, 0.1) is 6.92 Å². The zero-order chi connectivity index (χ0) is 18.8. The highest BCUT2D eigenvalue weighted by Gasteiger charge is 2.08. The second kappa shape index (κ2) is 10.1. The van der Waals surface area contributed by atoms with Crippen LogP contribution < -0.4 is 14.8 Å². The van der Waals surface area contributed by atoms with Gasteiger partial charge in [0.25, 0.3) is 5.91 Å². The van der Waals surface area contributed by atoms with Gasteiger partial charge < -0.3 is 19.5 Å². The van der Waals surface area contributed by atoms with Gasteiger partial charge in [-0.15, -0.1) is 0 Å². The zero-order valence-electron chi connectivity index (χ0n) is 15.0. The first-order valence-corrected chi connectivity index (χ1v) is 8.32. The average Bonchev–Trinajstić information content (AvgIpc) is 2.66. The van der Waals surface area contributed by atoms with Crippen molar-refractivity contribution in [3.63, 3.8) is 0 Å². The molecule has 26 heavy (non-hydrogen) atoms. The third-order valence-corrected chi connectivity index (χ3v) is 3.67. The van der Waals surface area contributed by atoms with Crippen LogP contribution >= 0.6 is 0 Å². The van der Waals surface area contributed by atoms with Crippen molar-refractivity contribution in [1.29, 1.82) is 0 Å². The molecule has 1 amide bonds. The molecule has 0 atom stereocenters. The van der Waals surface area contributed by atoms with Crippen LogP contribution in [0.5, 0.6) is 11.5 Å². The summed E-state index contributed by atoms with van der Waals surface area (Å²) in [7, 11) is 1.59. The van der Waals surface area contributed by atoms with Crippen LogP contribution in [0.1, 0.15) is 17.5 Å². The standard InChI is InChI=1S/C20H23NO5/c1-15-5-3-4-6-18(15)25-12-11-20(23)26-14-19(22)21-13-16-7-9-17(24-2)10-8-16/h3-10H,11-14H2,1-2H3,(H,21,22). The molecule has 0 radical (unpaired) electrons. The number of carbonyl (C=O) groups is 2. The first-order chi connectivity index (χ1) is 12.6. The highest BCUT2D eigenvalue weighted by atomic mass is 16.5. The number of carbonyl (C=O) groups excluding carboxylic acids is 2. The second-order valence-corrected chi connectivity index (χ2v) is 5.65. The largest absolute Gasteiger partial charge is 0.497 e. The van der Waals surface area contributed by atoms with Crippen LogP contribution in [0.3, 0.4) is 0 Å². The number of para-hydroxylation sites is 1. The molecule has 0 spiro atoms. The van der Waals surface area contributed by atoms with Crippen molar-refractivity contribution in [3.05, 3.63) is 59.7 Å². The molecule has 0 saturated carbocycles. The summed E-state index contributed by atoms with van der Waals surface area (Å²) >= 11 is 0. The van der Waals surface area contributed by atoms with Crippen molar-refractivity contribution in [3.8, 4) is 11.5 Å². The summed E-state index contributed by atoms with van der Waals surface area (Å²) < 4.78 is 15.5. The Morgan fingerprint density at radius 3 is 2.46 bits per heavy atom. The highest BCUT2D eigenvalue weighted by Crippen LogP contribution is 2.16. The summed E-state index contributed by atoms with van der Waals surface area (Å²) in [4.78, 5) is 23.4. The van der Waals surface area contributed by atoms with Crippen molar-refractivity contribution in [2.45, 2.75) is 19.9 Å². The Labute approximate surface area is 153 Å². The number of benzene rings is 2. The molecular weight excluding hydrogens is 334 g/mol. The normalized spacial score (nSPS) is 10.1. The molecule has 6 nitrogen and oxygen atoms in total. The molecule has 6 heteroatoms. The Kier molecular flexibility index (Phi) is 7.49. The van der Waals surface area contributed by atoms with Gasteiger partial charge in [-0.05, 0) is 36.2 Å². The lowest BCUT2D eigenvalue weighted by molar-refractivity contribution is -0.149. The molecule has 1 N–H and O–H groups in total. The Balaban J connectivity index is 1.62. The van der Waals surface area contributed by atoms with Crippen LogP contribution in [0.4, 0.5) is 0 Å². The molecule has 0 bridgehead atoms. The summed E-state index contributed by atoms with van der Waals surface area (Å²) in [5.41, 5.74) is 1.93. The van der Waals surface area contributed by atoms with Gasteiger partial charge >= 0.3 is 5.97 Å². The van der Waals surface area contributed by atoms with Crippen molar-refractivity contribution < 1.29 is 23.8 Å². The molecule has 0 aliphatic rings. The monoisotopic (exact) mass is 357 g/mol. The van der Waals surface area contributed by atoms with E-state index in [9.17, 15) is 9.59 Å². The number of nitrogens with one attached hydrogen (secondary N) is 1. The Hall–Kier alpha value is -3.02. The number of rotatable bonds is 9. The van der Waals surface area contributed by atoms with Gasteiger partial charge in [0.1, 0.15) is 11.5 Å². The molecule has 138 valence electrons. The predicted octanol–water partition coefficient (Wildman–Crippen LogP) is 2.63. The van der Waals surface area contributed by atoms with E-state index in [4.69, 9.17) is 14.2 Å². The number of methoxy groups -OCH3 is 1. The molecule has 0 aromatic heterocycles. The van der Waals surface area contributed by atoms with E-state index in [1.807, 2.05) is 55.5 Å². The molecule has 0 aliphatic carbocycles. The molecule has 0 fully saturated rings. The predicted molar refractivity (Wildman–Crippen MR) is 97.1 cm³/mol.